The van der Waals surface area contributed by atoms with Crippen LogP contribution in [-0.4, -0.2) is 33.2 Å². The third-order valence-corrected chi connectivity index (χ3v) is 12.9. The van der Waals surface area contributed by atoms with Crippen LogP contribution in [0.15, 0.2) is 216 Å². The average molecular weight is 927 g/mol. The maximum absolute atomic E-state index is 14.0. The highest BCUT2D eigenvalue weighted by atomic mass is 19.1. The topological polar surface area (TPSA) is 76.3 Å². The molecule has 0 N–H and O–H groups in total. The van der Waals surface area contributed by atoms with E-state index in [4.69, 9.17) is 9.97 Å². The summed E-state index contributed by atoms with van der Waals surface area (Å²) in [6, 6.07) is 64.1. The number of fused-ring (bicyclic) bond motifs is 2. The number of aromatic nitrogens is 4. The van der Waals surface area contributed by atoms with Gasteiger partial charge >= 0.3 is 0 Å². The number of anilines is 4. The molecule has 2 heterocycles. The van der Waals surface area contributed by atoms with Crippen LogP contribution in [0.1, 0.15) is 46.0 Å². The Morgan fingerprint density at radius 1 is 0.429 bits per heavy atom. The monoisotopic (exact) mass is 926 g/mol. The van der Waals surface area contributed by atoms with Crippen LogP contribution in [-0.2, 0) is 12.8 Å². The van der Waals surface area contributed by atoms with Gasteiger partial charge in [0.1, 0.15) is 23.3 Å². The van der Waals surface area contributed by atoms with Crippen molar-refractivity contribution in [2.24, 2.45) is 0 Å². The van der Waals surface area contributed by atoms with E-state index in [9.17, 15) is 18.4 Å². The normalized spacial score (nSPS) is 12.0. The maximum atomic E-state index is 14.0. The van der Waals surface area contributed by atoms with Gasteiger partial charge in [-0.15, -0.1) is 0 Å². The zero-order valence-corrected chi connectivity index (χ0v) is 39.5. The Hall–Kier alpha value is -8.50. The van der Waals surface area contributed by atoms with Gasteiger partial charge in [-0.25, -0.2) is 18.7 Å². The largest absolute Gasteiger partial charge is 0.345 e. The molecule has 348 valence electrons. The van der Waals surface area contributed by atoms with Crippen molar-refractivity contribution < 1.29 is 8.78 Å². The third-order valence-electron chi connectivity index (χ3n) is 12.9. The fourth-order valence-corrected chi connectivity index (χ4v) is 9.12. The van der Waals surface area contributed by atoms with Crippen LogP contribution < -0.4 is 20.9 Å². The van der Waals surface area contributed by atoms with E-state index in [0.29, 0.717) is 46.3 Å². The molecule has 70 heavy (non-hydrogen) atoms. The predicted octanol–water partition coefficient (Wildman–Crippen LogP) is 12.9. The standard InChI is InChI=1S/2C30H26FN3O/c2*1-21-32-28-18-17-26(33(2)25-15-13-24(31)14-16-25)20-27(28)30(35)34(21)29(23-11-7-4-8-12-23)19-22-9-5-3-6-10-22/h2*3-18,20,29H,19H2,1-2H3. The lowest BCUT2D eigenvalue weighted by atomic mass is 9.98. The molecule has 2 atom stereocenters. The van der Waals surface area contributed by atoms with Crippen molar-refractivity contribution in [1.29, 1.82) is 0 Å². The molecule has 2 unspecified atom stereocenters. The summed E-state index contributed by atoms with van der Waals surface area (Å²) >= 11 is 0. The van der Waals surface area contributed by atoms with Crippen LogP contribution in [0.5, 0.6) is 0 Å². The molecular formula is C60H52F2N6O2. The third kappa shape index (κ3) is 10.2. The summed E-state index contributed by atoms with van der Waals surface area (Å²) in [6.45, 7) is 3.78. The lowest BCUT2D eigenvalue weighted by Crippen LogP contribution is -2.30. The minimum absolute atomic E-state index is 0.0772. The number of nitrogens with zero attached hydrogens (tertiary/aromatic N) is 6. The summed E-state index contributed by atoms with van der Waals surface area (Å²) in [4.78, 5) is 41.4. The van der Waals surface area contributed by atoms with Crippen LogP contribution in [0, 0.1) is 25.5 Å². The molecule has 8 nitrogen and oxygen atoms in total. The summed E-state index contributed by atoms with van der Waals surface area (Å²) in [5.41, 5.74) is 8.90. The first-order valence-corrected chi connectivity index (χ1v) is 23.2. The van der Waals surface area contributed by atoms with Gasteiger partial charge < -0.3 is 9.80 Å². The fraction of sp³-hybridized carbons (Fsp3) is 0.133. The van der Waals surface area contributed by atoms with Crippen LogP contribution >= 0.6 is 0 Å². The molecule has 0 aliphatic carbocycles. The van der Waals surface area contributed by atoms with Crippen LogP contribution in [0.3, 0.4) is 0 Å². The second-order valence-corrected chi connectivity index (χ2v) is 17.4. The van der Waals surface area contributed by atoms with Crippen molar-refractivity contribution in [3.05, 3.63) is 273 Å². The van der Waals surface area contributed by atoms with Crippen molar-refractivity contribution >= 4 is 44.6 Å². The van der Waals surface area contributed by atoms with Crippen molar-refractivity contribution in [3.8, 4) is 0 Å². The van der Waals surface area contributed by atoms with Gasteiger partial charge in [-0.05, 0) is 134 Å². The summed E-state index contributed by atoms with van der Waals surface area (Å²) < 4.78 is 30.4. The van der Waals surface area contributed by atoms with Crippen molar-refractivity contribution in [2.75, 3.05) is 23.9 Å². The minimum atomic E-state index is -0.284. The molecular weight excluding hydrogens is 875 g/mol. The number of halogens is 2. The quantitative estimate of drug-likeness (QED) is 0.121. The molecule has 0 saturated carbocycles. The zero-order valence-electron chi connectivity index (χ0n) is 39.5. The van der Waals surface area contributed by atoms with Crippen LogP contribution in [0.4, 0.5) is 31.5 Å². The first-order valence-electron chi connectivity index (χ1n) is 23.2. The van der Waals surface area contributed by atoms with Gasteiger partial charge in [0.2, 0.25) is 0 Å². The van der Waals surface area contributed by atoms with E-state index < -0.39 is 0 Å². The smallest absolute Gasteiger partial charge is 0.262 e. The van der Waals surface area contributed by atoms with Gasteiger partial charge in [0, 0.05) is 36.8 Å². The van der Waals surface area contributed by atoms with Crippen molar-refractivity contribution in [3.63, 3.8) is 0 Å². The summed E-state index contributed by atoms with van der Waals surface area (Å²) in [5, 5.41) is 1.10. The van der Waals surface area contributed by atoms with Gasteiger partial charge in [-0.1, -0.05) is 121 Å². The summed E-state index contributed by atoms with van der Waals surface area (Å²) in [7, 11) is 3.80. The number of hydrogen-bond donors (Lipinski definition) is 0. The number of aryl methyl sites for hydroxylation is 2. The van der Waals surface area contributed by atoms with E-state index in [1.165, 1.54) is 24.3 Å². The molecule has 0 spiro atoms. The summed E-state index contributed by atoms with van der Waals surface area (Å²) in [5.74, 6) is 0.779. The van der Waals surface area contributed by atoms with Crippen molar-refractivity contribution in [2.45, 2.75) is 38.8 Å². The van der Waals surface area contributed by atoms with Gasteiger partial charge in [0.15, 0.2) is 0 Å². The zero-order chi connectivity index (χ0) is 48.7. The van der Waals surface area contributed by atoms with E-state index in [2.05, 4.69) is 48.5 Å². The van der Waals surface area contributed by atoms with E-state index in [-0.39, 0.29) is 34.8 Å². The van der Waals surface area contributed by atoms with E-state index in [0.717, 1.165) is 45.0 Å². The number of hydrogen-bond acceptors (Lipinski definition) is 6. The highest BCUT2D eigenvalue weighted by Gasteiger charge is 2.23. The Kier molecular flexibility index (Phi) is 13.8. The van der Waals surface area contributed by atoms with Crippen molar-refractivity contribution in [1.82, 2.24) is 19.1 Å². The molecule has 0 amide bonds. The SMILES string of the molecule is Cc1nc2ccc(N(C)c3ccc(F)cc3)cc2c(=O)n1C(Cc1ccccc1)c1ccccc1.Cc1nc2ccc(N(C)c3ccc(F)cc3)cc2c(=O)n1C(Cc1ccccc1)c1ccccc1. The van der Waals surface area contributed by atoms with Gasteiger partial charge in [0.25, 0.3) is 11.1 Å². The Balaban J connectivity index is 0.000000174. The molecule has 0 radical (unpaired) electrons. The molecule has 0 saturated heterocycles. The first kappa shape index (κ1) is 46.6. The molecule has 10 aromatic rings. The van der Waals surface area contributed by atoms with Gasteiger partial charge in [-0.2, -0.15) is 0 Å². The lowest BCUT2D eigenvalue weighted by molar-refractivity contribution is 0.541. The molecule has 2 aromatic heterocycles. The molecule has 0 fully saturated rings. The second-order valence-electron chi connectivity index (χ2n) is 17.4. The Bertz CT molecular complexity index is 3260. The van der Waals surface area contributed by atoms with E-state index >= 15 is 0 Å². The molecule has 8 aromatic carbocycles. The fourth-order valence-electron chi connectivity index (χ4n) is 9.12. The first-order chi connectivity index (χ1) is 34.0. The number of rotatable bonds is 12. The highest BCUT2D eigenvalue weighted by molar-refractivity contribution is 5.84. The van der Waals surface area contributed by atoms with Crippen LogP contribution in [0.2, 0.25) is 0 Å². The highest BCUT2D eigenvalue weighted by Crippen LogP contribution is 2.30. The number of benzene rings is 8. The van der Waals surface area contributed by atoms with Gasteiger partial charge in [0.05, 0.1) is 33.9 Å². The summed E-state index contributed by atoms with van der Waals surface area (Å²) in [6.07, 6.45) is 1.35. The lowest BCUT2D eigenvalue weighted by Gasteiger charge is -2.24. The Labute approximate surface area is 406 Å². The Morgan fingerprint density at radius 2 is 0.743 bits per heavy atom. The predicted molar refractivity (Wildman–Crippen MR) is 280 cm³/mol. The van der Waals surface area contributed by atoms with E-state index in [1.54, 1.807) is 24.3 Å². The Morgan fingerprint density at radius 3 is 1.09 bits per heavy atom. The van der Waals surface area contributed by atoms with Gasteiger partial charge in [-0.3, -0.25) is 18.7 Å². The minimum Gasteiger partial charge on any atom is -0.345 e. The van der Waals surface area contributed by atoms with Crippen LogP contribution in [0.25, 0.3) is 21.8 Å². The molecule has 10 heteroatoms. The molecule has 10 rings (SSSR count). The molecule has 0 aliphatic rings. The average Bonchev–Trinajstić information content (AvgIpc) is 3.39. The molecule has 0 aliphatic heterocycles. The second kappa shape index (κ2) is 20.8. The van der Waals surface area contributed by atoms with E-state index in [1.807, 2.05) is 156 Å². The maximum Gasteiger partial charge on any atom is 0.262 e. The molecule has 0 bridgehead atoms.